The van der Waals surface area contributed by atoms with Crippen molar-refractivity contribution in [2.45, 2.75) is 60.3 Å². The Balaban J connectivity index is 1.59. The molecule has 5 nitrogen and oxygen atoms in total. The lowest BCUT2D eigenvalue weighted by Gasteiger charge is -2.28. The van der Waals surface area contributed by atoms with Gasteiger partial charge in [0.15, 0.2) is 0 Å². The van der Waals surface area contributed by atoms with Crippen LogP contribution >= 0.6 is 11.3 Å². The summed E-state index contributed by atoms with van der Waals surface area (Å²) in [6.45, 7) is 10.9. The molecule has 1 aliphatic rings. The summed E-state index contributed by atoms with van der Waals surface area (Å²) in [5.41, 5.74) is 6.14. The van der Waals surface area contributed by atoms with E-state index in [1.165, 1.54) is 17.7 Å². The number of hydrogen-bond donors (Lipinski definition) is 2. The van der Waals surface area contributed by atoms with E-state index in [0.29, 0.717) is 11.8 Å². The number of hydrogen-bond acceptors (Lipinski definition) is 3. The molecule has 2 N–H and O–H groups in total. The van der Waals surface area contributed by atoms with E-state index in [1.807, 2.05) is 7.05 Å². The van der Waals surface area contributed by atoms with Gasteiger partial charge in [-0.25, -0.2) is 0 Å². The van der Waals surface area contributed by atoms with Crippen LogP contribution in [0.1, 0.15) is 58.7 Å². The van der Waals surface area contributed by atoms with Crippen LogP contribution in [0.15, 0.2) is 12.1 Å². The second kappa shape index (κ2) is 6.48. The molecule has 0 atom stereocenters. The van der Waals surface area contributed by atoms with Gasteiger partial charge in [-0.15, -0.1) is 11.3 Å². The summed E-state index contributed by atoms with van der Waals surface area (Å²) in [6.07, 6.45) is 3.84. The SMILES string of the molecule is CN(C(=O)CC(C)(C)C)c1cc2[nH]c(-c3n[nH]c4c3CCC(C)(C)C4)cc2s1. The third kappa shape index (κ3) is 3.62. The van der Waals surface area contributed by atoms with Gasteiger partial charge in [0.2, 0.25) is 5.91 Å². The van der Waals surface area contributed by atoms with Gasteiger partial charge < -0.3 is 9.88 Å². The van der Waals surface area contributed by atoms with Crippen molar-refractivity contribution in [2.24, 2.45) is 10.8 Å². The molecule has 0 aromatic carbocycles. The number of nitrogens with one attached hydrogen (secondary N) is 2. The minimum absolute atomic E-state index is 0.00966. The number of H-pyrrole nitrogens is 2. The topological polar surface area (TPSA) is 64.8 Å². The maximum absolute atomic E-state index is 12.5. The lowest BCUT2D eigenvalue weighted by molar-refractivity contribution is -0.119. The third-order valence-corrected chi connectivity index (χ3v) is 6.75. The standard InChI is InChI=1S/C22H30N4OS/c1-21(2,3)12-18(27)26(6)19-10-14-17(28-19)9-15(23-14)20-13-7-8-22(4,5)11-16(13)24-25-20/h9-10,23H,7-8,11-12H2,1-6H3,(H,24,25). The Morgan fingerprint density at radius 2 is 2.07 bits per heavy atom. The molecule has 0 unspecified atom stereocenters. The van der Waals surface area contributed by atoms with Gasteiger partial charge in [-0.05, 0) is 42.2 Å². The molecule has 6 heteroatoms. The van der Waals surface area contributed by atoms with Gasteiger partial charge >= 0.3 is 0 Å². The van der Waals surface area contributed by atoms with Crippen molar-refractivity contribution in [1.82, 2.24) is 15.2 Å². The van der Waals surface area contributed by atoms with E-state index in [9.17, 15) is 4.79 Å². The quantitative estimate of drug-likeness (QED) is 0.609. The Kier molecular flexibility index (Phi) is 4.45. The highest BCUT2D eigenvalue weighted by Crippen LogP contribution is 2.40. The van der Waals surface area contributed by atoms with Gasteiger partial charge in [0, 0.05) is 24.7 Å². The lowest BCUT2D eigenvalue weighted by atomic mass is 9.76. The second-order valence-electron chi connectivity index (χ2n) is 10.1. The van der Waals surface area contributed by atoms with Gasteiger partial charge in [0.25, 0.3) is 0 Å². The molecule has 3 aromatic rings. The summed E-state index contributed by atoms with van der Waals surface area (Å²) in [7, 11) is 1.87. The first-order valence-corrected chi connectivity index (χ1v) is 10.8. The molecule has 0 saturated heterocycles. The Morgan fingerprint density at radius 1 is 1.32 bits per heavy atom. The molecule has 1 aliphatic carbocycles. The van der Waals surface area contributed by atoms with Gasteiger partial charge in [0.1, 0.15) is 5.69 Å². The number of aromatic amines is 2. The van der Waals surface area contributed by atoms with E-state index < -0.39 is 0 Å². The first-order chi connectivity index (χ1) is 13.0. The van der Waals surface area contributed by atoms with E-state index in [0.717, 1.165) is 39.4 Å². The highest BCUT2D eigenvalue weighted by atomic mass is 32.1. The molecule has 28 heavy (non-hydrogen) atoms. The summed E-state index contributed by atoms with van der Waals surface area (Å²) >= 11 is 1.65. The minimum Gasteiger partial charge on any atom is -0.352 e. The van der Waals surface area contributed by atoms with E-state index in [-0.39, 0.29) is 11.3 Å². The summed E-state index contributed by atoms with van der Waals surface area (Å²) < 4.78 is 1.16. The normalized spacial score (nSPS) is 16.4. The second-order valence-corrected chi connectivity index (χ2v) is 11.2. The van der Waals surface area contributed by atoms with Gasteiger partial charge in [-0.2, -0.15) is 5.10 Å². The molecule has 0 aliphatic heterocycles. The van der Waals surface area contributed by atoms with Crippen LogP contribution in [0.4, 0.5) is 5.00 Å². The van der Waals surface area contributed by atoms with E-state index >= 15 is 0 Å². The Hall–Kier alpha value is -2.08. The highest BCUT2D eigenvalue weighted by molar-refractivity contribution is 7.23. The smallest absolute Gasteiger partial charge is 0.227 e. The summed E-state index contributed by atoms with van der Waals surface area (Å²) in [4.78, 5) is 17.8. The van der Waals surface area contributed by atoms with Crippen LogP contribution in [0.2, 0.25) is 0 Å². The molecule has 150 valence electrons. The molecule has 0 fully saturated rings. The van der Waals surface area contributed by atoms with Gasteiger partial charge in [0.05, 0.1) is 20.9 Å². The fourth-order valence-electron chi connectivity index (χ4n) is 3.97. The van der Waals surface area contributed by atoms with Gasteiger partial charge in [-0.1, -0.05) is 34.6 Å². The maximum atomic E-state index is 12.5. The van der Waals surface area contributed by atoms with Crippen molar-refractivity contribution >= 4 is 32.5 Å². The number of carbonyl (C=O) groups excluding carboxylic acids is 1. The number of anilines is 1. The van der Waals surface area contributed by atoms with E-state index in [1.54, 1.807) is 16.2 Å². The number of aromatic nitrogens is 3. The molecule has 3 aromatic heterocycles. The number of fused-ring (bicyclic) bond motifs is 2. The molecule has 0 radical (unpaired) electrons. The van der Waals surface area contributed by atoms with Crippen molar-refractivity contribution in [3.05, 3.63) is 23.4 Å². The molecule has 0 bridgehead atoms. The van der Waals surface area contributed by atoms with Crippen molar-refractivity contribution in [3.63, 3.8) is 0 Å². The summed E-state index contributed by atoms with van der Waals surface area (Å²) in [6, 6.07) is 4.24. The van der Waals surface area contributed by atoms with Crippen LogP contribution in [0.25, 0.3) is 21.6 Å². The molecular formula is C22H30N4OS. The van der Waals surface area contributed by atoms with Crippen molar-refractivity contribution < 1.29 is 4.79 Å². The fraction of sp³-hybridized carbons (Fsp3) is 0.545. The van der Waals surface area contributed by atoms with Crippen LogP contribution in [0.3, 0.4) is 0 Å². The number of nitrogens with zero attached hydrogens (tertiary/aromatic N) is 2. The molecule has 3 heterocycles. The predicted octanol–water partition coefficient (Wildman–Crippen LogP) is 5.53. The maximum Gasteiger partial charge on any atom is 0.227 e. The molecule has 4 rings (SSSR count). The zero-order chi connectivity index (χ0) is 20.3. The van der Waals surface area contributed by atoms with Crippen LogP contribution in [-0.4, -0.2) is 28.1 Å². The molecule has 0 spiro atoms. The number of thiophene rings is 1. The van der Waals surface area contributed by atoms with Crippen LogP contribution in [0, 0.1) is 10.8 Å². The average molecular weight is 399 g/mol. The predicted molar refractivity (Wildman–Crippen MR) is 117 cm³/mol. The van der Waals surface area contributed by atoms with Crippen molar-refractivity contribution in [1.29, 1.82) is 0 Å². The first kappa shape index (κ1) is 19.2. The zero-order valence-corrected chi connectivity index (χ0v) is 18.5. The van der Waals surface area contributed by atoms with E-state index in [2.05, 4.69) is 61.9 Å². The zero-order valence-electron chi connectivity index (χ0n) is 17.7. The number of carbonyl (C=O) groups is 1. The van der Waals surface area contributed by atoms with Crippen molar-refractivity contribution in [3.8, 4) is 11.4 Å². The Labute approximate surface area is 170 Å². The van der Waals surface area contributed by atoms with Crippen LogP contribution in [-0.2, 0) is 17.6 Å². The largest absolute Gasteiger partial charge is 0.352 e. The molecule has 1 amide bonds. The highest BCUT2D eigenvalue weighted by Gasteiger charge is 2.29. The lowest BCUT2D eigenvalue weighted by Crippen LogP contribution is -2.29. The monoisotopic (exact) mass is 398 g/mol. The Bertz CT molecular complexity index is 999. The summed E-state index contributed by atoms with van der Waals surface area (Å²) in [5.74, 6) is 0.153. The molecular weight excluding hydrogens is 368 g/mol. The third-order valence-electron chi connectivity index (χ3n) is 5.59. The fourth-order valence-corrected chi connectivity index (χ4v) is 5.00. The molecule has 0 saturated carbocycles. The number of amides is 1. The number of rotatable bonds is 3. The summed E-state index contributed by atoms with van der Waals surface area (Å²) in [5, 5.41) is 8.86. The van der Waals surface area contributed by atoms with Crippen LogP contribution < -0.4 is 4.90 Å². The van der Waals surface area contributed by atoms with E-state index in [4.69, 9.17) is 0 Å². The Morgan fingerprint density at radius 3 is 2.75 bits per heavy atom. The van der Waals surface area contributed by atoms with Gasteiger partial charge in [-0.3, -0.25) is 9.89 Å². The minimum atomic E-state index is -0.00966. The average Bonchev–Trinajstić information content (AvgIpc) is 3.22. The first-order valence-electron chi connectivity index (χ1n) is 9.98. The van der Waals surface area contributed by atoms with Crippen LogP contribution in [0.5, 0.6) is 0 Å². The van der Waals surface area contributed by atoms with Crippen molar-refractivity contribution in [2.75, 3.05) is 11.9 Å².